The molecule has 1 unspecified atom stereocenters. The summed E-state index contributed by atoms with van der Waals surface area (Å²) in [4.78, 5) is 11.2. The Hall–Kier alpha value is -1.51. The number of benzene rings is 1. The molecule has 80 valence electrons. The summed E-state index contributed by atoms with van der Waals surface area (Å²) in [6.07, 6.45) is 1.08. The van der Waals surface area contributed by atoms with E-state index in [1.807, 2.05) is 31.2 Å². The summed E-state index contributed by atoms with van der Waals surface area (Å²) >= 11 is 0. The van der Waals surface area contributed by atoms with Crippen LogP contribution in [-0.4, -0.2) is 18.7 Å². The lowest BCUT2D eigenvalue weighted by atomic mass is 10.1. The fourth-order valence-corrected chi connectivity index (χ4v) is 1.77. The summed E-state index contributed by atoms with van der Waals surface area (Å²) in [6, 6.07) is 7.88. The Labute approximate surface area is 89.0 Å². The number of para-hydroxylation sites is 1. The van der Waals surface area contributed by atoms with Crippen molar-refractivity contribution in [3.63, 3.8) is 0 Å². The van der Waals surface area contributed by atoms with Gasteiger partial charge in [-0.3, -0.25) is 4.79 Å². The lowest BCUT2D eigenvalue weighted by Crippen LogP contribution is -2.19. The first-order chi connectivity index (χ1) is 7.29. The predicted octanol–water partition coefficient (Wildman–Crippen LogP) is 1.94. The molecule has 1 atom stereocenters. The van der Waals surface area contributed by atoms with Gasteiger partial charge in [-0.2, -0.15) is 0 Å². The van der Waals surface area contributed by atoms with Crippen molar-refractivity contribution in [1.29, 1.82) is 0 Å². The normalized spacial score (nSPS) is 18.1. The highest BCUT2D eigenvalue weighted by molar-refractivity contribution is 5.70. The predicted molar refractivity (Wildman–Crippen MR) is 55.8 cm³/mol. The molecular weight excluding hydrogens is 192 g/mol. The van der Waals surface area contributed by atoms with Crippen LogP contribution in [0.3, 0.4) is 0 Å². The monoisotopic (exact) mass is 206 g/mol. The third-order valence-electron chi connectivity index (χ3n) is 2.41. The van der Waals surface area contributed by atoms with Gasteiger partial charge in [0.1, 0.15) is 11.9 Å². The Balaban J connectivity index is 1.93. The third kappa shape index (κ3) is 2.29. The average Bonchev–Trinajstić information content (AvgIpc) is 2.59. The second-order valence-electron chi connectivity index (χ2n) is 3.56. The topological polar surface area (TPSA) is 35.5 Å². The standard InChI is InChI=1S/C12H14O3/c1-2-14-12(13)8-10-7-9-5-3-4-6-11(9)15-10/h3-6,10H,2,7-8H2,1H3. The summed E-state index contributed by atoms with van der Waals surface area (Å²) in [5.74, 6) is 0.710. The zero-order valence-corrected chi connectivity index (χ0v) is 8.73. The van der Waals surface area contributed by atoms with Crippen LogP contribution in [0.25, 0.3) is 0 Å². The third-order valence-corrected chi connectivity index (χ3v) is 2.41. The molecular formula is C12H14O3. The van der Waals surface area contributed by atoms with Crippen molar-refractivity contribution in [2.24, 2.45) is 0 Å². The van der Waals surface area contributed by atoms with Gasteiger partial charge in [0.15, 0.2) is 0 Å². The summed E-state index contributed by atoms with van der Waals surface area (Å²) in [5.41, 5.74) is 1.17. The molecule has 0 bridgehead atoms. The zero-order valence-electron chi connectivity index (χ0n) is 8.73. The Morgan fingerprint density at radius 1 is 1.53 bits per heavy atom. The first-order valence-electron chi connectivity index (χ1n) is 5.19. The van der Waals surface area contributed by atoms with Gasteiger partial charge in [0, 0.05) is 6.42 Å². The first kappa shape index (κ1) is 10.0. The molecule has 1 aromatic carbocycles. The van der Waals surface area contributed by atoms with Gasteiger partial charge in [-0.1, -0.05) is 18.2 Å². The van der Waals surface area contributed by atoms with E-state index in [4.69, 9.17) is 9.47 Å². The van der Waals surface area contributed by atoms with Gasteiger partial charge < -0.3 is 9.47 Å². The summed E-state index contributed by atoms with van der Waals surface area (Å²) < 4.78 is 10.5. The van der Waals surface area contributed by atoms with E-state index in [0.717, 1.165) is 12.2 Å². The smallest absolute Gasteiger partial charge is 0.309 e. The maximum Gasteiger partial charge on any atom is 0.309 e. The zero-order chi connectivity index (χ0) is 10.7. The summed E-state index contributed by atoms with van der Waals surface area (Å²) in [6.45, 7) is 2.24. The van der Waals surface area contributed by atoms with Crippen LogP contribution in [0, 0.1) is 0 Å². The summed E-state index contributed by atoms with van der Waals surface area (Å²) in [7, 11) is 0. The van der Waals surface area contributed by atoms with Gasteiger partial charge in [-0.15, -0.1) is 0 Å². The van der Waals surface area contributed by atoms with Crippen LogP contribution in [0.1, 0.15) is 18.9 Å². The van der Waals surface area contributed by atoms with Crippen LogP contribution in [0.15, 0.2) is 24.3 Å². The minimum absolute atomic E-state index is 0.0542. The second kappa shape index (κ2) is 4.34. The molecule has 0 fully saturated rings. The van der Waals surface area contributed by atoms with Crippen LogP contribution in [0.4, 0.5) is 0 Å². The van der Waals surface area contributed by atoms with Crippen molar-refractivity contribution in [1.82, 2.24) is 0 Å². The molecule has 2 rings (SSSR count). The molecule has 1 aromatic rings. The Kier molecular flexibility index (Phi) is 2.90. The molecule has 0 amide bonds. The van der Waals surface area contributed by atoms with Crippen LogP contribution < -0.4 is 4.74 Å². The molecule has 1 aliphatic heterocycles. The number of carbonyl (C=O) groups is 1. The Morgan fingerprint density at radius 2 is 2.33 bits per heavy atom. The van der Waals surface area contributed by atoms with Crippen LogP contribution in [-0.2, 0) is 16.0 Å². The van der Waals surface area contributed by atoms with Gasteiger partial charge in [-0.05, 0) is 18.6 Å². The van der Waals surface area contributed by atoms with E-state index < -0.39 is 0 Å². The van der Waals surface area contributed by atoms with Gasteiger partial charge in [0.05, 0.1) is 13.0 Å². The molecule has 1 aliphatic rings. The minimum Gasteiger partial charge on any atom is -0.489 e. The number of hydrogen-bond donors (Lipinski definition) is 0. The van der Waals surface area contributed by atoms with Crippen molar-refractivity contribution in [2.45, 2.75) is 25.9 Å². The number of fused-ring (bicyclic) bond motifs is 1. The van der Waals surface area contributed by atoms with E-state index >= 15 is 0 Å². The van der Waals surface area contributed by atoms with Gasteiger partial charge in [0.2, 0.25) is 0 Å². The molecule has 0 saturated carbocycles. The largest absolute Gasteiger partial charge is 0.489 e. The Bertz CT molecular complexity index is 335. The maximum atomic E-state index is 11.2. The van der Waals surface area contributed by atoms with Gasteiger partial charge >= 0.3 is 5.97 Å². The number of ether oxygens (including phenoxy) is 2. The van der Waals surface area contributed by atoms with Crippen molar-refractivity contribution >= 4 is 5.97 Å². The maximum absolute atomic E-state index is 11.2. The molecule has 0 N–H and O–H groups in total. The molecule has 0 aliphatic carbocycles. The second-order valence-corrected chi connectivity index (χ2v) is 3.56. The molecule has 1 heterocycles. The van der Waals surface area contributed by atoms with Crippen molar-refractivity contribution in [3.05, 3.63) is 29.8 Å². The molecule has 0 radical (unpaired) electrons. The first-order valence-corrected chi connectivity index (χ1v) is 5.19. The van der Waals surface area contributed by atoms with Gasteiger partial charge in [-0.25, -0.2) is 0 Å². The lowest BCUT2D eigenvalue weighted by Gasteiger charge is -2.09. The van der Waals surface area contributed by atoms with Gasteiger partial charge in [0.25, 0.3) is 0 Å². The molecule has 0 spiro atoms. The van der Waals surface area contributed by atoms with E-state index in [-0.39, 0.29) is 12.1 Å². The number of hydrogen-bond acceptors (Lipinski definition) is 3. The number of rotatable bonds is 3. The lowest BCUT2D eigenvalue weighted by molar-refractivity contribution is -0.144. The van der Waals surface area contributed by atoms with Crippen molar-refractivity contribution in [3.8, 4) is 5.75 Å². The summed E-state index contributed by atoms with van der Waals surface area (Å²) in [5, 5.41) is 0. The minimum atomic E-state index is -0.185. The highest BCUT2D eigenvalue weighted by Gasteiger charge is 2.24. The van der Waals surface area contributed by atoms with Crippen LogP contribution in [0.5, 0.6) is 5.75 Å². The highest BCUT2D eigenvalue weighted by Crippen LogP contribution is 2.29. The van der Waals surface area contributed by atoms with Crippen LogP contribution in [0.2, 0.25) is 0 Å². The SMILES string of the molecule is CCOC(=O)CC1Cc2ccccc2O1. The fourth-order valence-electron chi connectivity index (χ4n) is 1.77. The van der Waals surface area contributed by atoms with Crippen molar-refractivity contribution in [2.75, 3.05) is 6.61 Å². The van der Waals surface area contributed by atoms with Crippen molar-refractivity contribution < 1.29 is 14.3 Å². The molecule has 3 nitrogen and oxygen atoms in total. The average molecular weight is 206 g/mol. The molecule has 15 heavy (non-hydrogen) atoms. The van der Waals surface area contributed by atoms with E-state index in [9.17, 15) is 4.79 Å². The number of esters is 1. The highest BCUT2D eigenvalue weighted by atomic mass is 16.5. The Morgan fingerprint density at radius 3 is 3.07 bits per heavy atom. The molecule has 0 aromatic heterocycles. The van der Waals surface area contributed by atoms with E-state index in [0.29, 0.717) is 13.0 Å². The van der Waals surface area contributed by atoms with E-state index in [1.165, 1.54) is 5.56 Å². The van der Waals surface area contributed by atoms with Crippen LogP contribution >= 0.6 is 0 Å². The fraction of sp³-hybridized carbons (Fsp3) is 0.417. The quantitative estimate of drug-likeness (QED) is 0.709. The molecule has 3 heteroatoms. The van der Waals surface area contributed by atoms with E-state index in [1.54, 1.807) is 0 Å². The molecule has 0 saturated heterocycles. The number of carbonyl (C=O) groups excluding carboxylic acids is 1. The van der Waals surface area contributed by atoms with E-state index in [2.05, 4.69) is 0 Å².